The van der Waals surface area contributed by atoms with Crippen LogP contribution in [0.4, 0.5) is 0 Å². The van der Waals surface area contributed by atoms with E-state index in [1.165, 1.54) is 0 Å². The van der Waals surface area contributed by atoms with Gasteiger partial charge in [0.15, 0.2) is 0 Å². The molecule has 6 heteroatoms. The Balaban J connectivity index is 1.70. The highest BCUT2D eigenvalue weighted by atomic mass is 35.5. The Morgan fingerprint density at radius 2 is 1.71 bits per heavy atom. The van der Waals surface area contributed by atoms with Crippen molar-refractivity contribution in [2.24, 2.45) is 0 Å². The third kappa shape index (κ3) is 4.69. The summed E-state index contributed by atoms with van der Waals surface area (Å²) >= 11 is 18.6. The Morgan fingerprint density at radius 1 is 0.935 bits per heavy atom. The van der Waals surface area contributed by atoms with E-state index in [0.717, 1.165) is 27.6 Å². The van der Waals surface area contributed by atoms with E-state index < -0.39 is 0 Å². The molecule has 156 valence electrons. The molecule has 0 radical (unpaired) electrons. The van der Waals surface area contributed by atoms with E-state index in [9.17, 15) is 4.79 Å². The Labute approximate surface area is 196 Å². The number of nitrogens with one attached hydrogen (secondary N) is 1. The summed E-state index contributed by atoms with van der Waals surface area (Å²) < 4.78 is 0. The maximum atomic E-state index is 13.2. The molecule has 0 aliphatic rings. The molecule has 4 rings (SSSR count). The number of aromatic nitrogens is 1. The molecule has 0 spiro atoms. The minimum absolute atomic E-state index is 0.149. The van der Waals surface area contributed by atoms with Crippen LogP contribution in [-0.2, 0) is 6.42 Å². The van der Waals surface area contributed by atoms with Crippen molar-refractivity contribution in [3.63, 3.8) is 0 Å². The van der Waals surface area contributed by atoms with E-state index in [1.54, 1.807) is 12.1 Å². The van der Waals surface area contributed by atoms with Crippen LogP contribution in [0.15, 0.2) is 66.7 Å². The first kappa shape index (κ1) is 21.6. The lowest BCUT2D eigenvalue weighted by atomic mass is 9.97. The summed E-state index contributed by atoms with van der Waals surface area (Å²) in [6.07, 6.45) is 0.685. The monoisotopic (exact) mass is 468 g/mol. The molecular weight excluding hydrogens is 451 g/mol. The third-order valence-corrected chi connectivity index (χ3v) is 5.92. The SMILES string of the molecule is Cc1c(-c2ccc(Cl)cc2Cl)nc2ccccc2c1C(=O)NCCc1cccc(Cl)c1. The van der Waals surface area contributed by atoms with Crippen molar-refractivity contribution in [2.45, 2.75) is 13.3 Å². The Bertz CT molecular complexity index is 1290. The first-order valence-corrected chi connectivity index (χ1v) is 10.9. The molecule has 0 bridgehead atoms. The van der Waals surface area contributed by atoms with Crippen molar-refractivity contribution in [2.75, 3.05) is 6.54 Å². The molecule has 1 heterocycles. The summed E-state index contributed by atoms with van der Waals surface area (Å²) in [7, 11) is 0. The van der Waals surface area contributed by atoms with Gasteiger partial charge in [0.1, 0.15) is 0 Å². The van der Waals surface area contributed by atoms with Crippen LogP contribution < -0.4 is 5.32 Å². The molecular formula is C25H19Cl3N2O. The normalized spacial score (nSPS) is 11.0. The first-order valence-electron chi connectivity index (χ1n) is 9.81. The molecule has 0 saturated carbocycles. The van der Waals surface area contributed by atoms with Crippen LogP contribution in [0.3, 0.4) is 0 Å². The Morgan fingerprint density at radius 3 is 2.48 bits per heavy atom. The second-order valence-electron chi connectivity index (χ2n) is 7.24. The van der Waals surface area contributed by atoms with Gasteiger partial charge in [0.05, 0.1) is 21.8 Å². The van der Waals surface area contributed by atoms with Gasteiger partial charge in [0.25, 0.3) is 5.91 Å². The molecule has 1 N–H and O–H groups in total. The van der Waals surface area contributed by atoms with Gasteiger partial charge in [-0.15, -0.1) is 0 Å². The van der Waals surface area contributed by atoms with Crippen molar-refractivity contribution in [3.05, 3.63) is 98.5 Å². The van der Waals surface area contributed by atoms with Gasteiger partial charge in [-0.25, -0.2) is 4.98 Å². The molecule has 31 heavy (non-hydrogen) atoms. The zero-order valence-corrected chi connectivity index (χ0v) is 19.0. The maximum absolute atomic E-state index is 13.2. The predicted octanol–water partition coefficient (Wildman–Crippen LogP) is 7.14. The molecule has 0 atom stereocenters. The molecule has 3 nitrogen and oxygen atoms in total. The molecule has 0 fully saturated rings. The van der Waals surface area contributed by atoms with Crippen LogP contribution in [0, 0.1) is 6.92 Å². The minimum Gasteiger partial charge on any atom is -0.352 e. The number of para-hydroxylation sites is 1. The molecule has 0 aliphatic heterocycles. The van der Waals surface area contributed by atoms with Crippen molar-refractivity contribution < 1.29 is 4.79 Å². The fraction of sp³-hybridized carbons (Fsp3) is 0.120. The van der Waals surface area contributed by atoms with Gasteiger partial charge in [-0.3, -0.25) is 4.79 Å². The summed E-state index contributed by atoms with van der Waals surface area (Å²) in [6, 6.07) is 20.5. The molecule has 3 aromatic carbocycles. The number of amides is 1. The number of carbonyl (C=O) groups excluding carboxylic acids is 1. The zero-order chi connectivity index (χ0) is 22.0. The lowest BCUT2D eigenvalue weighted by Gasteiger charge is -2.15. The summed E-state index contributed by atoms with van der Waals surface area (Å²) in [5, 5.41) is 5.56. The number of fused-ring (bicyclic) bond motifs is 1. The molecule has 4 aromatic rings. The zero-order valence-electron chi connectivity index (χ0n) is 16.8. The smallest absolute Gasteiger partial charge is 0.252 e. The van der Waals surface area contributed by atoms with Crippen molar-refractivity contribution in [1.29, 1.82) is 0 Å². The van der Waals surface area contributed by atoms with Gasteiger partial charge in [-0.05, 0) is 60.9 Å². The number of rotatable bonds is 5. The largest absolute Gasteiger partial charge is 0.352 e. The van der Waals surface area contributed by atoms with Crippen molar-refractivity contribution >= 4 is 51.6 Å². The van der Waals surface area contributed by atoms with Gasteiger partial charge in [0.2, 0.25) is 0 Å². The van der Waals surface area contributed by atoms with Gasteiger partial charge in [0, 0.05) is 27.5 Å². The topological polar surface area (TPSA) is 42.0 Å². The lowest BCUT2D eigenvalue weighted by molar-refractivity contribution is 0.0955. The predicted molar refractivity (Wildman–Crippen MR) is 129 cm³/mol. The number of benzene rings is 3. The molecule has 1 aromatic heterocycles. The number of pyridine rings is 1. The number of hydrogen-bond acceptors (Lipinski definition) is 2. The van der Waals surface area contributed by atoms with Crippen molar-refractivity contribution in [3.8, 4) is 11.3 Å². The standard InChI is InChI=1S/C25H19Cl3N2O/c1-15-23(25(31)29-12-11-16-5-4-6-17(26)13-16)20-7-2-3-8-22(20)30-24(15)19-10-9-18(27)14-21(19)28/h2-10,13-14H,11-12H2,1H3,(H,29,31). The number of carbonyl (C=O) groups is 1. The van der Waals surface area contributed by atoms with Crippen LogP contribution in [0.2, 0.25) is 15.1 Å². The van der Waals surface area contributed by atoms with Gasteiger partial charge in [-0.2, -0.15) is 0 Å². The van der Waals surface area contributed by atoms with E-state index in [2.05, 4.69) is 5.32 Å². The Hall–Kier alpha value is -2.59. The molecule has 0 aliphatic carbocycles. The summed E-state index contributed by atoms with van der Waals surface area (Å²) in [6.45, 7) is 2.39. The van der Waals surface area contributed by atoms with Crippen LogP contribution in [-0.4, -0.2) is 17.4 Å². The summed E-state index contributed by atoms with van der Waals surface area (Å²) in [5.74, 6) is -0.149. The molecule has 0 saturated heterocycles. The van der Waals surface area contributed by atoms with Crippen LogP contribution in [0.1, 0.15) is 21.5 Å². The van der Waals surface area contributed by atoms with E-state index in [0.29, 0.717) is 39.3 Å². The highest BCUT2D eigenvalue weighted by Gasteiger charge is 2.20. The number of nitrogens with zero attached hydrogens (tertiary/aromatic N) is 1. The van der Waals surface area contributed by atoms with Crippen LogP contribution in [0.5, 0.6) is 0 Å². The first-order chi connectivity index (χ1) is 14.9. The van der Waals surface area contributed by atoms with E-state index in [1.807, 2.05) is 61.5 Å². The fourth-order valence-electron chi connectivity index (χ4n) is 3.64. The van der Waals surface area contributed by atoms with Crippen molar-refractivity contribution in [1.82, 2.24) is 10.3 Å². The van der Waals surface area contributed by atoms with Gasteiger partial charge >= 0.3 is 0 Å². The Kier molecular flexibility index (Phi) is 6.47. The molecule has 0 unspecified atom stereocenters. The van der Waals surface area contributed by atoms with E-state index in [4.69, 9.17) is 39.8 Å². The van der Waals surface area contributed by atoms with Gasteiger partial charge < -0.3 is 5.32 Å². The second-order valence-corrected chi connectivity index (χ2v) is 8.52. The van der Waals surface area contributed by atoms with E-state index in [-0.39, 0.29) is 5.91 Å². The summed E-state index contributed by atoms with van der Waals surface area (Å²) in [5.41, 5.74) is 4.57. The number of halogens is 3. The maximum Gasteiger partial charge on any atom is 0.252 e. The average Bonchev–Trinajstić information content (AvgIpc) is 2.73. The minimum atomic E-state index is -0.149. The average molecular weight is 470 g/mol. The quantitative estimate of drug-likeness (QED) is 0.337. The van der Waals surface area contributed by atoms with Crippen LogP contribution >= 0.6 is 34.8 Å². The van der Waals surface area contributed by atoms with Crippen LogP contribution in [0.25, 0.3) is 22.2 Å². The van der Waals surface area contributed by atoms with Gasteiger partial charge in [-0.1, -0.05) is 65.1 Å². The fourth-order valence-corrected chi connectivity index (χ4v) is 4.36. The summed E-state index contributed by atoms with van der Waals surface area (Å²) in [4.78, 5) is 18.0. The second kappa shape index (κ2) is 9.27. The lowest BCUT2D eigenvalue weighted by Crippen LogP contribution is -2.27. The highest BCUT2D eigenvalue weighted by molar-refractivity contribution is 6.36. The third-order valence-electron chi connectivity index (χ3n) is 5.14. The molecule has 1 amide bonds. The highest BCUT2D eigenvalue weighted by Crippen LogP contribution is 2.34. The number of hydrogen-bond donors (Lipinski definition) is 1. The van der Waals surface area contributed by atoms with E-state index >= 15 is 0 Å².